The number of carbonyl (C=O) groups excluding carboxylic acids is 1. The molecule has 1 aliphatic heterocycles. The number of carbonyl (C=O) groups is 1. The van der Waals surface area contributed by atoms with Crippen LogP contribution in [0.2, 0.25) is 0 Å². The van der Waals surface area contributed by atoms with Crippen molar-refractivity contribution in [3.8, 4) is 5.75 Å². The fraction of sp³-hybridized carbons (Fsp3) is 0.588. The first-order chi connectivity index (χ1) is 10.0. The average molecular weight is 292 g/mol. The summed E-state index contributed by atoms with van der Waals surface area (Å²) in [5, 5.41) is 0. The van der Waals surface area contributed by atoms with E-state index in [1.165, 1.54) is 0 Å². The van der Waals surface area contributed by atoms with Crippen molar-refractivity contribution in [1.82, 2.24) is 0 Å². The Bertz CT molecular complexity index is 496. The molecule has 4 nitrogen and oxygen atoms in total. The molecule has 1 aromatic rings. The maximum atomic E-state index is 12.3. The highest BCUT2D eigenvalue weighted by molar-refractivity contribution is 5.85. The smallest absolute Gasteiger partial charge is 0.341 e. The molecule has 0 aliphatic carbocycles. The lowest BCUT2D eigenvalue weighted by Gasteiger charge is -2.16. The monoisotopic (exact) mass is 292 g/mol. The quantitative estimate of drug-likeness (QED) is 0.570. The van der Waals surface area contributed by atoms with Crippen LogP contribution in [0.3, 0.4) is 0 Å². The van der Waals surface area contributed by atoms with Crippen LogP contribution in [0.25, 0.3) is 0 Å². The van der Waals surface area contributed by atoms with E-state index in [0.717, 1.165) is 17.7 Å². The number of benzene rings is 1. The zero-order valence-electron chi connectivity index (χ0n) is 13.3. The van der Waals surface area contributed by atoms with Gasteiger partial charge in [-0.05, 0) is 44.9 Å². The summed E-state index contributed by atoms with van der Waals surface area (Å²) in [5.74, 6) is 0.561. The third-order valence-electron chi connectivity index (χ3n) is 4.03. The minimum atomic E-state index is -0.842. The van der Waals surface area contributed by atoms with Gasteiger partial charge in [0.05, 0.1) is 13.2 Å². The molecule has 1 heterocycles. The van der Waals surface area contributed by atoms with E-state index >= 15 is 0 Å². The molecule has 0 bridgehead atoms. The van der Waals surface area contributed by atoms with Gasteiger partial charge in [-0.2, -0.15) is 0 Å². The Balaban J connectivity index is 2.23. The second kappa shape index (κ2) is 6.06. The van der Waals surface area contributed by atoms with E-state index in [9.17, 15) is 4.79 Å². The molecule has 2 atom stereocenters. The van der Waals surface area contributed by atoms with E-state index in [-0.39, 0.29) is 5.97 Å². The number of hydrogen-bond acceptors (Lipinski definition) is 4. The van der Waals surface area contributed by atoms with Crippen molar-refractivity contribution in [1.29, 1.82) is 0 Å². The van der Waals surface area contributed by atoms with Crippen molar-refractivity contribution in [3.05, 3.63) is 29.8 Å². The van der Waals surface area contributed by atoms with Crippen molar-refractivity contribution in [2.75, 3.05) is 13.2 Å². The topological polar surface area (TPSA) is 48.1 Å². The van der Waals surface area contributed by atoms with Crippen LogP contribution in [0.4, 0.5) is 0 Å². The van der Waals surface area contributed by atoms with E-state index < -0.39 is 11.2 Å². The maximum Gasteiger partial charge on any atom is 0.341 e. The van der Waals surface area contributed by atoms with Gasteiger partial charge < -0.3 is 14.2 Å². The van der Waals surface area contributed by atoms with E-state index in [1.807, 2.05) is 52.0 Å². The number of hydrogen-bond donors (Lipinski definition) is 0. The molecular weight excluding hydrogens is 268 g/mol. The summed E-state index contributed by atoms with van der Waals surface area (Å²) in [7, 11) is 0. The first kappa shape index (κ1) is 15.8. The Morgan fingerprint density at radius 1 is 1.14 bits per heavy atom. The van der Waals surface area contributed by atoms with Crippen LogP contribution in [-0.2, 0) is 19.9 Å². The largest absolute Gasteiger partial charge is 0.494 e. The van der Waals surface area contributed by atoms with Crippen molar-refractivity contribution < 1.29 is 19.0 Å². The summed E-state index contributed by atoms with van der Waals surface area (Å²) in [6, 6.07) is 7.74. The number of ether oxygens (including phenoxy) is 3. The second-order valence-electron chi connectivity index (χ2n) is 5.39. The Labute approximate surface area is 126 Å². The fourth-order valence-corrected chi connectivity index (χ4v) is 2.88. The van der Waals surface area contributed by atoms with Crippen molar-refractivity contribution >= 4 is 5.97 Å². The zero-order chi connectivity index (χ0) is 15.5. The molecule has 0 N–H and O–H groups in total. The van der Waals surface area contributed by atoms with Gasteiger partial charge in [-0.25, -0.2) is 4.79 Å². The van der Waals surface area contributed by atoms with Crippen molar-refractivity contribution in [2.45, 2.75) is 51.7 Å². The van der Waals surface area contributed by atoms with Gasteiger partial charge in [-0.1, -0.05) is 25.5 Å². The van der Waals surface area contributed by atoms with Gasteiger partial charge >= 0.3 is 5.97 Å². The lowest BCUT2D eigenvalue weighted by molar-refractivity contribution is -0.149. The van der Waals surface area contributed by atoms with Crippen LogP contribution in [-0.4, -0.2) is 24.8 Å². The molecule has 0 saturated carbocycles. The van der Waals surface area contributed by atoms with Gasteiger partial charge in [-0.15, -0.1) is 0 Å². The molecule has 1 saturated heterocycles. The van der Waals surface area contributed by atoms with Crippen LogP contribution < -0.4 is 4.74 Å². The first-order valence-corrected chi connectivity index (χ1v) is 7.64. The third kappa shape index (κ3) is 2.64. The molecule has 0 aromatic heterocycles. The van der Waals surface area contributed by atoms with Gasteiger partial charge in [0.2, 0.25) is 0 Å². The standard InChI is InChI=1S/C17H24O4/c1-5-12-17(15(18)20-7-3)16(4,21-17)13-8-10-14(11-9-13)19-6-2/h8-11H,5-7,12H2,1-4H3. The lowest BCUT2D eigenvalue weighted by Crippen LogP contribution is -2.33. The highest BCUT2D eigenvalue weighted by Crippen LogP contribution is 2.58. The highest BCUT2D eigenvalue weighted by atomic mass is 16.7. The van der Waals surface area contributed by atoms with Crippen molar-refractivity contribution in [3.63, 3.8) is 0 Å². The normalized spacial score (nSPS) is 27.2. The minimum absolute atomic E-state index is 0.261. The number of esters is 1. The average Bonchev–Trinajstić information content (AvgIpc) is 3.08. The highest BCUT2D eigenvalue weighted by Gasteiger charge is 2.73. The van der Waals surface area contributed by atoms with E-state index in [0.29, 0.717) is 19.6 Å². The summed E-state index contributed by atoms with van der Waals surface area (Å²) in [4.78, 5) is 12.3. The lowest BCUT2D eigenvalue weighted by atomic mass is 9.84. The molecule has 2 rings (SSSR count). The SMILES string of the molecule is CCCC1(C(=O)OCC)OC1(C)c1ccc(OCC)cc1. The fourth-order valence-electron chi connectivity index (χ4n) is 2.88. The molecule has 1 fully saturated rings. The predicted molar refractivity (Wildman–Crippen MR) is 80.3 cm³/mol. The summed E-state index contributed by atoms with van der Waals surface area (Å²) in [5.41, 5.74) is -0.474. The van der Waals surface area contributed by atoms with Crippen LogP contribution in [0.5, 0.6) is 5.75 Å². The summed E-state index contributed by atoms with van der Waals surface area (Å²) in [6.07, 6.45) is 1.53. The van der Waals surface area contributed by atoms with E-state index in [4.69, 9.17) is 14.2 Å². The zero-order valence-corrected chi connectivity index (χ0v) is 13.3. The Kier molecular flexibility index (Phi) is 4.57. The third-order valence-corrected chi connectivity index (χ3v) is 4.03. The van der Waals surface area contributed by atoms with Gasteiger partial charge in [0.15, 0.2) is 5.60 Å². The van der Waals surface area contributed by atoms with Gasteiger partial charge in [0.1, 0.15) is 11.4 Å². The van der Waals surface area contributed by atoms with Crippen LogP contribution >= 0.6 is 0 Å². The molecule has 0 radical (unpaired) electrons. The number of epoxide rings is 1. The maximum absolute atomic E-state index is 12.3. The molecule has 21 heavy (non-hydrogen) atoms. The predicted octanol–water partition coefficient (Wildman–Crippen LogP) is 3.43. The van der Waals surface area contributed by atoms with E-state index in [1.54, 1.807) is 0 Å². The Morgan fingerprint density at radius 2 is 1.81 bits per heavy atom. The molecule has 4 heteroatoms. The molecule has 0 spiro atoms. The molecule has 1 aliphatic rings. The van der Waals surface area contributed by atoms with Gasteiger partial charge in [0, 0.05) is 0 Å². The Hall–Kier alpha value is -1.55. The molecule has 1 aromatic carbocycles. The van der Waals surface area contributed by atoms with E-state index in [2.05, 4.69) is 0 Å². The molecule has 2 unspecified atom stereocenters. The summed E-state index contributed by atoms with van der Waals surface area (Å²) >= 11 is 0. The minimum Gasteiger partial charge on any atom is -0.494 e. The van der Waals surface area contributed by atoms with Crippen molar-refractivity contribution in [2.24, 2.45) is 0 Å². The van der Waals surface area contributed by atoms with Crippen LogP contribution in [0.1, 0.15) is 46.1 Å². The number of rotatable bonds is 7. The first-order valence-electron chi connectivity index (χ1n) is 7.64. The van der Waals surface area contributed by atoms with Crippen LogP contribution in [0, 0.1) is 0 Å². The van der Waals surface area contributed by atoms with Crippen LogP contribution in [0.15, 0.2) is 24.3 Å². The van der Waals surface area contributed by atoms with Gasteiger partial charge in [-0.3, -0.25) is 0 Å². The Morgan fingerprint density at radius 3 is 2.33 bits per heavy atom. The second-order valence-corrected chi connectivity index (χ2v) is 5.39. The molecular formula is C17H24O4. The molecule has 0 amide bonds. The molecule has 116 valence electrons. The van der Waals surface area contributed by atoms with Gasteiger partial charge in [0.25, 0.3) is 0 Å². The summed E-state index contributed by atoms with van der Waals surface area (Å²) < 4.78 is 16.6. The summed E-state index contributed by atoms with van der Waals surface area (Å²) in [6.45, 7) is 8.76.